The highest BCUT2D eigenvalue weighted by molar-refractivity contribution is 7.99. The van der Waals surface area contributed by atoms with E-state index in [2.05, 4.69) is 16.9 Å². The lowest BCUT2D eigenvalue weighted by molar-refractivity contribution is -0.142. The highest BCUT2D eigenvalue weighted by atomic mass is 32.2. The van der Waals surface area contributed by atoms with E-state index in [0.717, 1.165) is 19.3 Å². The van der Waals surface area contributed by atoms with Crippen LogP contribution in [0.4, 0.5) is 4.79 Å². The molecule has 3 unspecified atom stereocenters. The molecule has 0 aliphatic heterocycles. The minimum atomic E-state index is -0.854. The first kappa shape index (κ1) is 18.1. The van der Waals surface area contributed by atoms with Crippen molar-refractivity contribution in [2.75, 3.05) is 12.8 Å². The van der Waals surface area contributed by atoms with Crippen LogP contribution < -0.4 is 10.6 Å². The monoisotopic (exact) mass is 316 g/mol. The average Bonchev–Trinajstić information content (AvgIpc) is 2.80. The van der Waals surface area contributed by atoms with Gasteiger partial charge in [0.15, 0.2) is 0 Å². The summed E-state index contributed by atoms with van der Waals surface area (Å²) >= 11 is 1.78. The van der Waals surface area contributed by atoms with Crippen molar-refractivity contribution in [1.29, 1.82) is 0 Å². The largest absolute Gasteiger partial charge is 0.481 e. The molecule has 0 aromatic heterocycles. The van der Waals surface area contributed by atoms with Crippen LogP contribution in [0.5, 0.6) is 0 Å². The zero-order valence-electron chi connectivity index (χ0n) is 13.4. The van der Waals surface area contributed by atoms with Crippen molar-refractivity contribution >= 4 is 23.8 Å². The molecule has 1 aliphatic rings. The van der Waals surface area contributed by atoms with Crippen LogP contribution in [0.25, 0.3) is 0 Å². The number of rotatable bonds is 6. The summed E-state index contributed by atoms with van der Waals surface area (Å²) < 4.78 is 0. The lowest BCUT2D eigenvalue weighted by Crippen LogP contribution is -2.46. The lowest BCUT2D eigenvalue weighted by atomic mass is 9.84. The van der Waals surface area contributed by atoms with Crippen LogP contribution in [0.3, 0.4) is 0 Å². The Morgan fingerprint density at radius 3 is 2.52 bits per heavy atom. The van der Waals surface area contributed by atoms with Gasteiger partial charge in [-0.3, -0.25) is 4.79 Å². The van der Waals surface area contributed by atoms with Gasteiger partial charge in [-0.2, -0.15) is 11.8 Å². The Morgan fingerprint density at radius 2 is 2.00 bits per heavy atom. The third-order valence-electron chi connectivity index (χ3n) is 3.79. The number of hydrogen-bond donors (Lipinski definition) is 3. The SMILES string of the molecule is CSC1CCCC1NC(=O)NCC(CC(C)(C)C)C(=O)O. The summed E-state index contributed by atoms with van der Waals surface area (Å²) in [6, 6.07) is -0.0491. The van der Waals surface area contributed by atoms with Crippen molar-refractivity contribution in [2.24, 2.45) is 11.3 Å². The van der Waals surface area contributed by atoms with E-state index >= 15 is 0 Å². The Bertz CT molecular complexity index is 368. The summed E-state index contributed by atoms with van der Waals surface area (Å²) in [4.78, 5) is 23.2. The molecule has 122 valence electrons. The van der Waals surface area contributed by atoms with Gasteiger partial charge in [-0.25, -0.2) is 4.79 Å². The number of hydrogen-bond acceptors (Lipinski definition) is 3. The third-order valence-corrected chi connectivity index (χ3v) is 4.96. The first-order valence-electron chi connectivity index (χ1n) is 7.53. The minimum absolute atomic E-state index is 0.0728. The fourth-order valence-corrected chi connectivity index (χ4v) is 3.73. The Balaban J connectivity index is 2.41. The zero-order chi connectivity index (χ0) is 16.0. The van der Waals surface area contributed by atoms with E-state index in [0.29, 0.717) is 11.7 Å². The van der Waals surface area contributed by atoms with Gasteiger partial charge < -0.3 is 15.7 Å². The van der Waals surface area contributed by atoms with Crippen LogP contribution in [0.1, 0.15) is 46.5 Å². The smallest absolute Gasteiger partial charge is 0.315 e. The molecule has 0 saturated heterocycles. The number of nitrogens with one attached hydrogen (secondary N) is 2. The minimum Gasteiger partial charge on any atom is -0.481 e. The number of amides is 2. The maximum atomic E-state index is 11.9. The maximum Gasteiger partial charge on any atom is 0.315 e. The number of aliphatic carboxylic acids is 1. The van der Waals surface area contributed by atoms with Gasteiger partial charge in [-0.1, -0.05) is 27.2 Å². The molecule has 3 atom stereocenters. The van der Waals surface area contributed by atoms with Crippen molar-refractivity contribution in [3.8, 4) is 0 Å². The van der Waals surface area contributed by atoms with Crippen LogP contribution in [0.15, 0.2) is 0 Å². The second kappa shape index (κ2) is 7.92. The molecule has 6 heteroatoms. The quantitative estimate of drug-likeness (QED) is 0.704. The maximum absolute atomic E-state index is 11.9. The highest BCUT2D eigenvalue weighted by Gasteiger charge is 2.29. The zero-order valence-corrected chi connectivity index (χ0v) is 14.3. The standard InChI is InChI=1S/C15H28N2O3S/c1-15(2,3)8-10(13(18)19)9-16-14(20)17-11-6-5-7-12(11)21-4/h10-12H,5-9H2,1-4H3,(H,18,19)(H2,16,17,20). The van der Waals surface area contributed by atoms with Gasteiger partial charge in [0.05, 0.1) is 5.92 Å². The number of thioether (sulfide) groups is 1. The molecule has 5 nitrogen and oxygen atoms in total. The van der Waals surface area contributed by atoms with Gasteiger partial charge in [0.25, 0.3) is 0 Å². The Morgan fingerprint density at radius 1 is 1.33 bits per heavy atom. The summed E-state index contributed by atoms with van der Waals surface area (Å²) in [5.74, 6) is -1.40. The van der Waals surface area contributed by atoms with Crippen molar-refractivity contribution < 1.29 is 14.7 Å². The molecule has 21 heavy (non-hydrogen) atoms. The molecule has 0 heterocycles. The van der Waals surface area contributed by atoms with Gasteiger partial charge in [-0.05, 0) is 30.9 Å². The molecule has 3 N–H and O–H groups in total. The van der Waals surface area contributed by atoms with Gasteiger partial charge in [0, 0.05) is 17.8 Å². The molecule has 1 saturated carbocycles. The molecular formula is C15H28N2O3S. The van der Waals surface area contributed by atoms with Crippen LogP contribution in [0.2, 0.25) is 0 Å². The van der Waals surface area contributed by atoms with Gasteiger partial charge in [0.1, 0.15) is 0 Å². The Labute approximate surface area is 131 Å². The molecule has 1 fully saturated rings. The van der Waals surface area contributed by atoms with Crippen molar-refractivity contribution in [1.82, 2.24) is 10.6 Å². The number of carbonyl (C=O) groups excluding carboxylic acids is 1. The molecule has 1 rings (SSSR count). The molecule has 0 aromatic carbocycles. The topological polar surface area (TPSA) is 78.4 Å². The summed E-state index contributed by atoms with van der Waals surface area (Å²) in [5, 5.41) is 15.4. The average molecular weight is 316 g/mol. The number of carbonyl (C=O) groups is 2. The molecular weight excluding hydrogens is 288 g/mol. The van der Waals surface area contributed by atoms with E-state index in [9.17, 15) is 14.7 Å². The van der Waals surface area contributed by atoms with E-state index in [-0.39, 0.29) is 24.0 Å². The van der Waals surface area contributed by atoms with Crippen molar-refractivity contribution in [3.63, 3.8) is 0 Å². The molecule has 2 amide bonds. The molecule has 0 bridgehead atoms. The highest BCUT2D eigenvalue weighted by Crippen LogP contribution is 2.28. The van der Waals surface area contributed by atoms with Gasteiger partial charge in [-0.15, -0.1) is 0 Å². The Kier molecular flexibility index (Phi) is 6.84. The van der Waals surface area contributed by atoms with Gasteiger partial charge in [0.2, 0.25) is 0 Å². The number of carboxylic acid groups (broad SMARTS) is 1. The van der Waals surface area contributed by atoms with E-state index in [1.54, 1.807) is 11.8 Å². The lowest BCUT2D eigenvalue weighted by Gasteiger charge is -2.24. The van der Waals surface area contributed by atoms with Crippen LogP contribution in [-0.4, -0.2) is 41.2 Å². The molecule has 0 radical (unpaired) electrons. The molecule has 1 aliphatic carbocycles. The summed E-state index contributed by atoms with van der Waals surface area (Å²) in [6.45, 7) is 6.19. The normalized spacial score (nSPS) is 23.6. The van der Waals surface area contributed by atoms with E-state index in [1.807, 2.05) is 20.8 Å². The second-order valence-electron chi connectivity index (χ2n) is 6.97. The van der Waals surface area contributed by atoms with Crippen LogP contribution in [0, 0.1) is 11.3 Å². The second-order valence-corrected chi connectivity index (χ2v) is 8.04. The predicted octanol–water partition coefficient (Wildman–Crippen LogP) is 2.71. The first-order chi connectivity index (χ1) is 9.73. The fourth-order valence-electron chi connectivity index (χ4n) is 2.79. The summed E-state index contributed by atoms with van der Waals surface area (Å²) in [7, 11) is 0. The van der Waals surface area contributed by atoms with Crippen LogP contribution >= 0.6 is 11.8 Å². The Hall–Kier alpha value is -0.910. The van der Waals surface area contributed by atoms with Crippen molar-refractivity contribution in [2.45, 2.75) is 57.7 Å². The van der Waals surface area contributed by atoms with Crippen molar-refractivity contribution in [3.05, 3.63) is 0 Å². The fraction of sp³-hybridized carbons (Fsp3) is 0.867. The van der Waals surface area contributed by atoms with E-state index < -0.39 is 11.9 Å². The molecule has 0 aromatic rings. The van der Waals surface area contributed by atoms with Gasteiger partial charge >= 0.3 is 12.0 Å². The predicted molar refractivity (Wildman–Crippen MR) is 86.7 cm³/mol. The van der Waals surface area contributed by atoms with E-state index in [1.165, 1.54) is 0 Å². The summed E-state index contributed by atoms with van der Waals surface area (Å²) in [6.07, 6.45) is 5.88. The van der Waals surface area contributed by atoms with E-state index in [4.69, 9.17) is 0 Å². The summed E-state index contributed by atoms with van der Waals surface area (Å²) in [5.41, 5.74) is -0.0728. The molecule has 0 spiro atoms. The number of carboxylic acids is 1. The van der Waals surface area contributed by atoms with Crippen LogP contribution in [-0.2, 0) is 4.79 Å². The number of urea groups is 1. The first-order valence-corrected chi connectivity index (χ1v) is 8.81. The third kappa shape index (κ3) is 6.59.